The molecule has 0 aromatic heterocycles. The lowest BCUT2D eigenvalue weighted by Crippen LogP contribution is -2.11. The molecule has 0 aliphatic heterocycles. The highest BCUT2D eigenvalue weighted by atomic mass is 79.9. The van der Waals surface area contributed by atoms with E-state index in [1.165, 1.54) is 12.1 Å². The van der Waals surface area contributed by atoms with Gasteiger partial charge >= 0.3 is 0 Å². The quantitative estimate of drug-likeness (QED) is 0.639. The zero-order valence-corrected chi connectivity index (χ0v) is 12.6. The number of amidine groups is 1. The molecule has 3 nitrogen and oxygen atoms in total. The maximum atomic E-state index is 13.2. The highest BCUT2D eigenvalue weighted by molar-refractivity contribution is 9.10. The van der Waals surface area contributed by atoms with E-state index < -0.39 is 0 Å². The highest BCUT2D eigenvalue weighted by Gasteiger charge is 2.06. The summed E-state index contributed by atoms with van der Waals surface area (Å²) in [6, 6.07) is 9.40. The second kappa shape index (κ2) is 6.24. The van der Waals surface area contributed by atoms with Crippen LogP contribution in [0.25, 0.3) is 0 Å². The van der Waals surface area contributed by atoms with E-state index in [4.69, 9.17) is 27.5 Å². The van der Waals surface area contributed by atoms with Crippen LogP contribution in [0.2, 0.25) is 5.02 Å². The summed E-state index contributed by atoms with van der Waals surface area (Å²) in [6.45, 7) is 0.214. The predicted molar refractivity (Wildman–Crippen MR) is 80.9 cm³/mol. The SMILES string of the molecule is N=C(N)c1ccc(OCc2cc(F)cc(Br)c2)cc1Cl. The number of hydrogen-bond acceptors (Lipinski definition) is 2. The minimum absolute atomic E-state index is 0.101. The Kier molecular flexibility index (Phi) is 4.62. The first-order chi connectivity index (χ1) is 9.45. The number of nitrogen functional groups attached to an aromatic ring is 1. The molecule has 0 fully saturated rings. The monoisotopic (exact) mass is 356 g/mol. The van der Waals surface area contributed by atoms with Crippen LogP contribution in [0.5, 0.6) is 5.75 Å². The van der Waals surface area contributed by atoms with Crippen LogP contribution in [0.15, 0.2) is 40.9 Å². The van der Waals surface area contributed by atoms with Gasteiger partial charge in [-0.2, -0.15) is 0 Å². The van der Waals surface area contributed by atoms with E-state index in [2.05, 4.69) is 15.9 Å². The van der Waals surface area contributed by atoms with E-state index in [1.54, 1.807) is 24.3 Å². The number of rotatable bonds is 4. The van der Waals surface area contributed by atoms with Crippen LogP contribution in [0, 0.1) is 11.2 Å². The van der Waals surface area contributed by atoms with Crippen LogP contribution in [0.1, 0.15) is 11.1 Å². The maximum Gasteiger partial charge on any atom is 0.124 e. The van der Waals surface area contributed by atoms with Gasteiger partial charge in [0.15, 0.2) is 0 Å². The Balaban J connectivity index is 2.11. The molecule has 2 rings (SSSR count). The number of nitrogens with two attached hydrogens (primary N) is 1. The summed E-state index contributed by atoms with van der Waals surface area (Å²) in [7, 11) is 0. The fraction of sp³-hybridized carbons (Fsp3) is 0.0714. The lowest BCUT2D eigenvalue weighted by atomic mass is 10.2. The first kappa shape index (κ1) is 14.8. The third-order valence-corrected chi connectivity index (χ3v) is 3.33. The van der Waals surface area contributed by atoms with Crippen LogP contribution in [-0.2, 0) is 6.61 Å². The van der Waals surface area contributed by atoms with Gasteiger partial charge in [0.1, 0.15) is 24.0 Å². The largest absolute Gasteiger partial charge is 0.489 e. The van der Waals surface area contributed by atoms with Crippen molar-refractivity contribution in [1.82, 2.24) is 0 Å². The summed E-state index contributed by atoms with van der Waals surface area (Å²) in [6.07, 6.45) is 0. The van der Waals surface area contributed by atoms with E-state index in [1.807, 2.05) is 0 Å². The lowest BCUT2D eigenvalue weighted by molar-refractivity contribution is 0.305. The van der Waals surface area contributed by atoms with Gasteiger partial charge in [0.2, 0.25) is 0 Å². The molecule has 0 aliphatic rings. The van der Waals surface area contributed by atoms with Crippen molar-refractivity contribution < 1.29 is 9.13 Å². The molecule has 6 heteroatoms. The van der Waals surface area contributed by atoms with Gasteiger partial charge in [-0.15, -0.1) is 0 Å². The molecule has 20 heavy (non-hydrogen) atoms. The van der Waals surface area contributed by atoms with Crippen molar-refractivity contribution in [3.63, 3.8) is 0 Å². The highest BCUT2D eigenvalue weighted by Crippen LogP contribution is 2.23. The van der Waals surface area contributed by atoms with Crippen molar-refractivity contribution in [3.05, 3.63) is 62.8 Å². The fourth-order valence-electron chi connectivity index (χ4n) is 1.66. The minimum Gasteiger partial charge on any atom is -0.489 e. The first-order valence-electron chi connectivity index (χ1n) is 5.67. The van der Waals surface area contributed by atoms with Crippen LogP contribution in [0.3, 0.4) is 0 Å². The van der Waals surface area contributed by atoms with Gasteiger partial charge in [0, 0.05) is 10.0 Å². The normalized spacial score (nSPS) is 10.3. The maximum absolute atomic E-state index is 13.2. The number of hydrogen-bond donors (Lipinski definition) is 2. The van der Waals surface area contributed by atoms with Gasteiger partial charge in [0.25, 0.3) is 0 Å². The molecule has 2 aromatic rings. The number of halogens is 3. The van der Waals surface area contributed by atoms with E-state index in [0.717, 1.165) is 0 Å². The van der Waals surface area contributed by atoms with Gasteiger partial charge in [-0.25, -0.2) is 4.39 Å². The Bertz CT molecular complexity index is 643. The van der Waals surface area contributed by atoms with Crippen molar-refractivity contribution in [2.45, 2.75) is 6.61 Å². The summed E-state index contributed by atoms with van der Waals surface area (Å²) >= 11 is 9.21. The Morgan fingerprint density at radius 2 is 2.05 bits per heavy atom. The first-order valence-corrected chi connectivity index (χ1v) is 6.84. The van der Waals surface area contributed by atoms with E-state index >= 15 is 0 Å². The fourth-order valence-corrected chi connectivity index (χ4v) is 2.45. The molecule has 2 aromatic carbocycles. The van der Waals surface area contributed by atoms with E-state index in [9.17, 15) is 4.39 Å². The van der Waals surface area contributed by atoms with Crippen LogP contribution >= 0.6 is 27.5 Å². The molecule has 0 aliphatic carbocycles. The zero-order valence-electron chi connectivity index (χ0n) is 10.3. The third kappa shape index (κ3) is 3.71. The molecule has 0 amide bonds. The summed E-state index contributed by atoms with van der Waals surface area (Å²) in [5.41, 5.74) is 6.52. The van der Waals surface area contributed by atoms with Crippen LogP contribution in [-0.4, -0.2) is 5.84 Å². The summed E-state index contributed by atoms with van der Waals surface area (Å²) in [5, 5.41) is 7.68. The Morgan fingerprint density at radius 3 is 2.65 bits per heavy atom. The second-order valence-corrected chi connectivity index (χ2v) is 5.44. The predicted octanol–water partition coefficient (Wildman–Crippen LogP) is 4.10. The smallest absolute Gasteiger partial charge is 0.124 e. The number of nitrogens with one attached hydrogen (secondary N) is 1. The minimum atomic E-state index is -0.331. The number of ether oxygens (including phenoxy) is 1. The standard InChI is InChI=1S/C14H11BrClFN2O/c15-9-3-8(4-10(17)5-9)7-20-11-1-2-12(14(18)19)13(16)6-11/h1-6H,7H2,(H3,18,19). The molecule has 0 unspecified atom stereocenters. The van der Waals surface area contributed by atoms with Gasteiger partial charge in [-0.1, -0.05) is 27.5 Å². The molecular weight excluding hydrogens is 347 g/mol. The third-order valence-electron chi connectivity index (χ3n) is 2.56. The summed E-state index contributed by atoms with van der Waals surface area (Å²) in [4.78, 5) is 0. The van der Waals surface area contributed by atoms with E-state index in [0.29, 0.717) is 26.4 Å². The summed E-state index contributed by atoms with van der Waals surface area (Å²) in [5.74, 6) is 0.0962. The van der Waals surface area contributed by atoms with Gasteiger partial charge < -0.3 is 10.5 Å². The van der Waals surface area contributed by atoms with Crippen molar-refractivity contribution >= 4 is 33.4 Å². The van der Waals surface area contributed by atoms with Crippen molar-refractivity contribution in [3.8, 4) is 5.75 Å². The van der Waals surface area contributed by atoms with Gasteiger partial charge in [-0.05, 0) is 42.0 Å². The molecule has 0 heterocycles. The Hall–Kier alpha value is -1.59. The van der Waals surface area contributed by atoms with Crippen molar-refractivity contribution in [1.29, 1.82) is 5.41 Å². The zero-order chi connectivity index (χ0) is 14.7. The number of benzene rings is 2. The molecule has 0 bridgehead atoms. The molecule has 0 saturated carbocycles. The van der Waals surface area contributed by atoms with Crippen molar-refractivity contribution in [2.24, 2.45) is 5.73 Å². The van der Waals surface area contributed by atoms with Gasteiger partial charge in [-0.3, -0.25) is 5.41 Å². The summed E-state index contributed by atoms with van der Waals surface area (Å²) < 4.78 is 19.4. The molecule has 0 spiro atoms. The van der Waals surface area contributed by atoms with Crippen LogP contribution < -0.4 is 10.5 Å². The van der Waals surface area contributed by atoms with Crippen LogP contribution in [0.4, 0.5) is 4.39 Å². The Morgan fingerprint density at radius 1 is 1.30 bits per heavy atom. The molecular formula is C14H11BrClFN2O. The molecule has 104 valence electrons. The van der Waals surface area contributed by atoms with Crippen molar-refractivity contribution in [2.75, 3.05) is 0 Å². The molecule has 0 saturated heterocycles. The Labute approximate surface area is 129 Å². The average Bonchev–Trinajstić information content (AvgIpc) is 2.35. The topological polar surface area (TPSA) is 59.1 Å². The lowest BCUT2D eigenvalue weighted by Gasteiger charge is -2.09. The average molecular weight is 358 g/mol. The second-order valence-electron chi connectivity index (χ2n) is 4.12. The van der Waals surface area contributed by atoms with E-state index in [-0.39, 0.29) is 18.3 Å². The van der Waals surface area contributed by atoms with Gasteiger partial charge in [0.05, 0.1) is 5.02 Å². The molecule has 3 N–H and O–H groups in total. The molecule has 0 atom stereocenters. The molecule has 0 radical (unpaired) electrons.